The van der Waals surface area contributed by atoms with Crippen molar-refractivity contribution in [1.29, 1.82) is 0 Å². The first kappa shape index (κ1) is 10.3. The van der Waals surface area contributed by atoms with Crippen molar-refractivity contribution in [1.82, 2.24) is 5.48 Å². The Hall–Kier alpha value is -0.820. The minimum absolute atomic E-state index is 0.298. The molecule has 0 spiro atoms. The van der Waals surface area contributed by atoms with Gasteiger partial charge in [-0.3, -0.25) is 9.63 Å². The fourth-order valence-electron chi connectivity index (χ4n) is 0.895. The number of nitrogens with two attached hydrogens (primary N) is 1. The quantitative estimate of drug-likeness (QED) is 0.488. The zero-order valence-electron chi connectivity index (χ0n) is 7.00. The van der Waals surface area contributed by atoms with Crippen molar-refractivity contribution in [3.63, 3.8) is 0 Å². The minimum Gasteiger partial charge on any atom is -0.399 e. The van der Waals surface area contributed by atoms with E-state index in [0.717, 1.165) is 3.57 Å². The van der Waals surface area contributed by atoms with Gasteiger partial charge >= 0.3 is 0 Å². The van der Waals surface area contributed by atoms with Gasteiger partial charge in [-0.1, -0.05) is 0 Å². The van der Waals surface area contributed by atoms with Crippen LogP contribution in [0.3, 0.4) is 0 Å². The molecule has 13 heavy (non-hydrogen) atoms. The summed E-state index contributed by atoms with van der Waals surface area (Å²) in [7, 11) is 1.38. The minimum atomic E-state index is -0.298. The van der Waals surface area contributed by atoms with Crippen LogP contribution in [0.25, 0.3) is 0 Å². The summed E-state index contributed by atoms with van der Waals surface area (Å²) in [6.07, 6.45) is 0. The summed E-state index contributed by atoms with van der Waals surface area (Å²) in [4.78, 5) is 15.7. The molecule has 5 heteroatoms. The number of rotatable bonds is 2. The molecule has 0 atom stereocenters. The fourth-order valence-corrected chi connectivity index (χ4v) is 1.59. The summed E-state index contributed by atoms with van der Waals surface area (Å²) in [5, 5.41) is 0. The van der Waals surface area contributed by atoms with Crippen molar-refractivity contribution in [2.75, 3.05) is 12.8 Å². The average Bonchev–Trinajstić information content (AvgIpc) is 2.03. The number of amides is 1. The molecule has 0 bridgehead atoms. The Morgan fingerprint density at radius 3 is 2.77 bits per heavy atom. The number of hydroxylamine groups is 1. The van der Waals surface area contributed by atoms with Gasteiger partial charge in [0.1, 0.15) is 0 Å². The molecule has 0 unspecified atom stereocenters. The molecule has 0 saturated carbocycles. The predicted octanol–water partition coefficient (Wildman–Crippen LogP) is 1.16. The lowest BCUT2D eigenvalue weighted by molar-refractivity contribution is 0.0537. The molecule has 1 rings (SSSR count). The van der Waals surface area contributed by atoms with Crippen molar-refractivity contribution in [2.24, 2.45) is 0 Å². The lowest BCUT2D eigenvalue weighted by Gasteiger charge is -2.03. The van der Waals surface area contributed by atoms with E-state index in [9.17, 15) is 4.79 Å². The SMILES string of the molecule is CONC(=O)c1cc(N)cc(I)c1. The normalized spacial score (nSPS) is 9.69. The summed E-state index contributed by atoms with van der Waals surface area (Å²) in [6.45, 7) is 0. The number of nitrogen functional groups attached to an aromatic ring is 1. The third-order valence-corrected chi connectivity index (χ3v) is 2.00. The molecule has 70 valence electrons. The zero-order valence-corrected chi connectivity index (χ0v) is 9.16. The molecule has 0 aromatic heterocycles. The summed E-state index contributed by atoms with van der Waals surface area (Å²) < 4.78 is 0.916. The third kappa shape index (κ3) is 2.85. The van der Waals surface area contributed by atoms with E-state index < -0.39 is 0 Å². The molecule has 3 N–H and O–H groups in total. The Bertz CT molecular complexity index is 308. The molecule has 0 aliphatic heterocycles. The van der Waals surface area contributed by atoms with Crippen molar-refractivity contribution in [2.45, 2.75) is 0 Å². The van der Waals surface area contributed by atoms with E-state index in [0.29, 0.717) is 11.3 Å². The van der Waals surface area contributed by atoms with E-state index in [4.69, 9.17) is 5.73 Å². The maximum Gasteiger partial charge on any atom is 0.274 e. The molecule has 0 saturated heterocycles. The van der Waals surface area contributed by atoms with Crippen molar-refractivity contribution >= 4 is 34.2 Å². The predicted molar refractivity (Wildman–Crippen MR) is 58.0 cm³/mol. The summed E-state index contributed by atoms with van der Waals surface area (Å²) in [5.41, 5.74) is 8.84. The third-order valence-electron chi connectivity index (χ3n) is 1.38. The number of hydrogen-bond donors (Lipinski definition) is 2. The highest BCUT2D eigenvalue weighted by Crippen LogP contribution is 2.13. The highest BCUT2D eigenvalue weighted by molar-refractivity contribution is 14.1. The standard InChI is InChI=1S/C8H9IN2O2/c1-13-11-8(12)5-2-6(9)4-7(10)3-5/h2-4H,10H2,1H3,(H,11,12). The highest BCUT2D eigenvalue weighted by atomic mass is 127. The topological polar surface area (TPSA) is 64.3 Å². The largest absolute Gasteiger partial charge is 0.399 e. The molecular formula is C8H9IN2O2. The molecule has 0 radical (unpaired) electrons. The second-order valence-corrected chi connectivity index (χ2v) is 3.65. The Labute approximate surface area is 89.5 Å². The first-order valence-electron chi connectivity index (χ1n) is 3.53. The van der Waals surface area contributed by atoms with Crippen LogP contribution in [-0.4, -0.2) is 13.0 Å². The molecule has 0 fully saturated rings. The van der Waals surface area contributed by atoms with Crippen LogP contribution in [0.4, 0.5) is 5.69 Å². The number of carbonyl (C=O) groups excluding carboxylic acids is 1. The molecule has 4 nitrogen and oxygen atoms in total. The van der Waals surface area contributed by atoms with E-state index in [2.05, 4.69) is 32.9 Å². The number of carbonyl (C=O) groups is 1. The van der Waals surface area contributed by atoms with Crippen LogP contribution in [0.2, 0.25) is 0 Å². The molecule has 1 aromatic carbocycles. The lowest BCUT2D eigenvalue weighted by Crippen LogP contribution is -2.21. The van der Waals surface area contributed by atoms with Gasteiger partial charge in [-0.15, -0.1) is 0 Å². The zero-order chi connectivity index (χ0) is 9.84. The number of halogens is 1. The Balaban J connectivity index is 2.94. The number of benzene rings is 1. The van der Waals surface area contributed by atoms with E-state index in [1.165, 1.54) is 7.11 Å². The maximum absolute atomic E-state index is 11.3. The second-order valence-electron chi connectivity index (χ2n) is 2.41. The average molecular weight is 292 g/mol. The first-order valence-corrected chi connectivity index (χ1v) is 4.60. The number of anilines is 1. The Morgan fingerprint density at radius 1 is 1.54 bits per heavy atom. The van der Waals surface area contributed by atoms with Crippen LogP contribution < -0.4 is 11.2 Å². The molecular weight excluding hydrogens is 283 g/mol. The summed E-state index contributed by atoms with van der Waals surface area (Å²) in [6, 6.07) is 5.10. The highest BCUT2D eigenvalue weighted by Gasteiger charge is 2.05. The first-order chi connectivity index (χ1) is 6.13. The van der Waals surface area contributed by atoms with Crippen LogP contribution in [-0.2, 0) is 4.84 Å². The molecule has 1 aromatic rings. The van der Waals surface area contributed by atoms with Gasteiger partial charge < -0.3 is 5.73 Å². The molecule has 1 amide bonds. The fraction of sp³-hybridized carbons (Fsp3) is 0.125. The van der Waals surface area contributed by atoms with E-state index in [-0.39, 0.29) is 5.91 Å². The van der Waals surface area contributed by atoms with Crippen LogP contribution in [0, 0.1) is 3.57 Å². The maximum atomic E-state index is 11.3. The van der Waals surface area contributed by atoms with Gasteiger partial charge in [0.05, 0.1) is 7.11 Å². The van der Waals surface area contributed by atoms with Crippen LogP contribution in [0.15, 0.2) is 18.2 Å². The van der Waals surface area contributed by atoms with Crippen LogP contribution in [0.1, 0.15) is 10.4 Å². The lowest BCUT2D eigenvalue weighted by atomic mass is 10.2. The van der Waals surface area contributed by atoms with Crippen molar-refractivity contribution in [3.8, 4) is 0 Å². The molecule has 0 aliphatic rings. The summed E-state index contributed by atoms with van der Waals surface area (Å²) >= 11 is 2.09. The summed E-state index contributed by atoms with van der Waals surface area (Å²) in [5.74, 6) is -0.298. The van der Waals surface area contributed by atoms with E-state index >= 15 is 0 Å². The van der Waals surface area contributed by atoms with Gasteiger partial charge in [0.25, 0.3) is 5.91 Å². The van der Waals surface area contributed by atoms with Crippen molar-refractivity contribution in [3.05, 3.63) is 27.3 Å². The molecule has 0 aliphatic carbocycles. The van der Waals surface area contributed by atoms with Crippen LogP contribution in [0.5, 0.6) is 0 Å². The van der Waals surface area contributed by atoms with Gasteiger partial charge in [-0.2, -0.15) is 0 Å². The monoisotopic (exact) mass is 292 g/mol. The van der Waals surface area contributed by atoms with E-state index in [1.54, 1.807) is 18.2 Å². The van der Waals surface area contributed by atoms with Gasteiger partial charge in [0.15, 0.2) is 0 Å². The number of nitrogens with one attached hydrogen (secondary N) is 1. The van der Waals surface area contributed by atoms with Crippen molar-refractivity contribution < 1.29 is 9.63 Å². The van der Waals surface area contributed by atoms with Gasteiger partial charge in [-0.05, 0) is 40.8 Å². The Morgan fingerprint density at radius 2 is 2.23 bits per heavy atom. The van der Waals surface area contributed by atoms with Gasteiger partial charge in [-0.25, -0.2) is 5.48 Å². The second kappa shape index (κ2) is 4.43. The number of hydrogen-bond acceptors (Lipinski definition) is 3. The Kier molecular flexibility index (Phi) is 3.49. The van der Waals surface area contributed by atoms with Crippen LogP contribution >= 0.6 is 22.6 Å². The van der Waals surface area contributed by atoms with Gasteiger partial charge in [0.2, 0.25) is 0 Å². The molecule has 0 heterocycles. The smallest absolute Gasteiger partial charge is 0.274 e. The van der Waals surface area contributed by atoms with Gasteiger partial charge in [0, 0.05) is 14.8 Å². The van der Waals surface area contributed by atoms with E-state index in [1.807, 2.05) is 0 Å².